The van der Waals surface area contributed by atoms with Crippen LogP contribution >= 0.6 is 22.7 Å². The first-order valence-electron chi connectivity index (χ1n) is 10.3. The highest BCUT2D eigenvalue weighted by Gasteiger charge is 2.40. The highest BCUT2D eigenvalue weighted by molar-refractivity contribution is 7.17. The van der Waals surface area contributed by atoms with Gasteiger partial charge in [-0.15, -0.1) is 11.3 Å². The van der Waals surface area contributed by atoms with Crippen molar-refractivity contribution in [2.45, 2.75) is 18.6 Å². The summed E-state index contributed by atoms with van der Waals surface area (Å²) >= 11 is 1.38. The molecule has 0 fully saturated rings. The van der Waals surface area contributed by atoms with Crippen LogP contribution in [-0.2, 0) is 26.9 Å². The van der Waals surface area contributed by atoms with Crippen LogP contribution in [0.3, 0.4) is 0 Å². The van der Waals surface area contributed by atoms with E-state index in [1.54, 1.807) is 11.4 Å². The van der Waals surface area contributed by atoms with E-state index in [-0.39, 0.29) is 23.5 Å². The third kappa shape index (κ3) is 7.50. The Hall–Kier alpha value is -3.98. The van der Waals surface area contributed by atoms with E-state index in [0.717, 1.165) is 18.4 Å². The van der Waals surface area contributed by atoms with Gasteiger partial charge in [0.15, 0.2) is 10.8 Å². The van der Waals surface area contributed by atoms with Crippen LogP contribution in [0.4, 0.5) is 18.3 Å². The number of hydrogen-bond donors (Lipinski definition) is 4. The quantitative estimate of drug-likeness (QED) is 0.297. The molecule has 0 spiro atoms. The SMILES string of the molecule is COC(=O)C(CNC(=O)c1cccs1)NC(=O)c1sc(NC(=O)Cc2cccc(O)c2)nc1C(F)(F)F. The van der Waals surface area contributed by atoms with E-state index in [0.29, 0.717) is 10.4 Å². The summed E-state index contributed by atoms with van der Waals surface area (Å²) in [7, 11) is 1.01. The molecule has 1 atom stereocenters. The summed E-state index contributed by atoms with van der Waals surface area (Å²) in [6.45, 7) is -0.456. The van der Waals surface area contributed by atoms with Crippen molar-refractivity contribution < 1.29 is 42.2 Å². The van der Waals surface area contributed by atoms with Crippen molar-refractivity contribution in [2.75, 3.05) is 19.0 Å². The molecule has 4 N–H and O–H groups in total. The summed E-state index contributed by atoms with van der Waals surface area (Å²) in [6.07, 6.45) is -5.32. The first-order chi connectivity index (χ1) is 17.5. The molecule has 2 heterocycles. The van der Waals surface area contributed by atoms with Gasteiger partial charge in [-0.2, -0.15) is 13.2 Å². The Bertz CT molecular complexity index is 1290. The molecule has 37 heavy (non-hydrogen) atoms. The fourth-order valence-electron chi connectivity index (χ4n) is 2.98. The van der Waals surface area contributed by atoms with Gasteiger partial charge in [0, 0.05) is 6.54 Å². The van der Waals surface area contributed by atoms with E-state index in [1.807, 2.05) is 0 Å². The Kier molecular flexibility index (Phi) is 8.83. The number of rotatable bonds is 9. The van der Waals surface area contributed by atoms with Gasteiger partial charge in [-0.05, 0) is 29.1 Å². The Balaban J connectivity index is 1.75. The zero-order valence-electron chi connectivity index (χ0n) is 18.9. The maximum absolute atomic E-state index is 13.6. The molecule has 0 saturated carbocycles. The second-order valence-corrected chi connectivity index (χ2v) is 9.27. The molecule has 2 aromatic heterocycles. The minimum Gasteiger partial charge on any atom is -0.508 e. The van der Waals surface area contributed by atoms with Gasteiger partial charge in [0.2, 0.25) is 5.91 Å². The van der Waals surface area contributed by atoms with Crippen molar-refractivity contribution in [3.05, 3.63) is 62.8 Å². The second kappa shape index (κ2) is 11.8. The summed E-state index contributed by atoms with van der Waals surface area (Å²) in [4.78, 5) is 52.0. The molecule has 0 radical (unpaired) electrons. The molecule has 0 aliphatic heterocycles. The largest absolute Gasteiger partial charge is 0.508 e. The highest BCUT2D eigenvalue weighted by Crippen LogP contribution is 2.36. The number of thiazole rings is 1. The number of halogens is 3. The average Bonchev–Trinajstić information content (AvgIpc) is 3.51. The van der Waals surface area contributed by atoms with E-state index in [4.69, 9.17) is 0 Å². The second-order valence-electron chi connectivity index (χ2n) is 7.33. The van der Waals surface area contributed by atoms with Gasteiger partial charge in [0.25, 0.3) is 11.8 Å². The lowest BCUT2D eigenvalue weighted by Gasteiger charge is -2.17. The van der Waals surface area contributed by atoms with Crippen molar-refractivity contribution >= 4 is 51.5 Å². The van der Waals surface area contributed by atoms with E-state index in [9.17, 15) is 37.5 Å². The zero-order valence-corrected chi connectivity index (χ0v) is 20.6. The number of nitrogens with one attached hydrogen (secondary N) is 3. The maximum atomic E-state index is 13.6. The first-order valence-corrected chi connectivity index (χ1v) is 12.0. The molecule has 15 heteroatoms. The Morgan fingerprint density at radius 1 is 1.14 bits per heavy atom. The molecular formula is C22H19F3N4O6S2. The molecule has 0 aliphatic rings. The van der Waals surface area contributed by atoms with Crippen molar-refractivity contribution in [1.29, 1.82) is 0 Å². The minimum absolute atomic E-state index is 0.0930. The van der Waals surface area contributed by atoms with Crippen LogP contribution in [-0.4, -0.2) is 53.5 Å². The van der Waals surface area contributed by atoms with Crippen molar-refractivity contribution in [3.8, 4) is 5.75 Å². The predicted molar refractivity (Wildman–Crippen MR) is 127 cm³/mol. The lowest BCUT2D eigenvalue weighted by atomic mass is 10.1. The summed E-state index contributed by atoms with van der Waals surface area (Å²) in [5.74, 6) is -3.69. The monoisotopic (exact) mass is 556 g/mol. The number of nitrogens with zero attached hydrogens (tertiary/aromatic N) is 1. The first kappa shape index (κ1) is 27.6. The van der Waals surface area contributed by atoms with Gasteiger partial charge in [0.05, 0.1) is 18.4 Å². The fraction of sp³-hybridized carbons (Fsp3) is 0.227. The molecule has 3 rings (SSSR count). The van der Waals surface area contributed by atoms with Crippen LogP contribution < -0.4 is 16.0 Å². The lowest BCUT2D eigenvalue weighted by molar-refractivity contribution is -0.142. The summed E-state index contributed by atoms with van der Waals surface area (Å²) in [6, 6.07) is 7.37. The van der Waals surface area contributed by atoms with Crippen LogP contribution in [0.2, 0.25) is 0 Å². The number of hydrogen-bond acceptors (Lipinski definition) is 9. The lowest BCUT2D eigenvalue weighted by Crippen LogP contribution is -2.49. The summed E-state index contributed by atoms with van der Waals surface area (Å²) in [5, 5.41) is 17.4. The number of benzene rings is 1. The molecule has 3 aromatic rings. The number of ether oxygens (including phenoxy) is 1. The standard InChI is InChI=1S/C22H19F3N4O6S2/c1-35-20(34)13(10-26-18(32)14-6-3-7-36-14)27-19(33)16-17(22(23,24)25)29-21(37-16)28-15(31)9-11-4-2-5-12(30)8-11/h2-8,13,30H,9-10H2,1H3,(H,26,32)(H,27,33)(H,28,29,31). The molecule has 0 bridgehead atoms. The average molecular weight is 557 g/mol. The molecule has 0 aliphatic carbocycles. The number of carbonyl (C=O) groups is 4. The third-order valence-electron chi connectivity index (χ3n) is 4.63. The van der Waals surface area contributed by atoms with E-state index >= 15 is 0 Å². The van der Waals surface area contributed by atoms with E-state index in [2.05, 4.69) is 25.7 Å². The van der Waals surface area contributed by atoms with Gasteiger partial charge in [0.1, 0.15) is 16.7 Å². The number of esters is 1. The Morgan fingerprint density at radius 2 is 1.89 bits per heavy atom. The maximum Gasteiger partial charge on any atom is 0.435 e. The van der Waals surface area contributed by atoms with Gasteiger partial charge in [-0.3, -0.25) is 14.4 Å². The van der Waals surface area contributed by atoms with Crippen molar-refractivity contribution in [2.24, 2.45) is 0 Å². The summed E-state index contributed by atoms with van der Waals surface area (Å²) < 4.78 is 45.4. The Labute approximate surface area is 215 Å². The van der Waals surface area contributed by atoms with Gasteiger partial charge in [-0.1, -0.05) is 29.5 Å². The van der Waals surface area contributed by atoms with Gasteiger partial charge in [-0.25, -0.2) is 9.78 Å². The van der Waals surface area contributed by atoms with Crippen LogP contribution in [0.1, 0.15) is 30.6 Å². The van der Waals surface area contributed by atoms with Crippen LogP contribution in [0.5, 0.6) is 5.75 Å². The van der Waals surface area contributed by atoms with E-state index < -0.39 is 58.2 Å². The predicted octanol–water partition coefficient (Wildman–Crippen LogP) is 2.81. The summed E-state index contributed by atoms with van der Waals surface area (Å²) in [5.41, 5.74) is -1.16. The number of phenolic OH excluding ortho intramolecular Hbond substituents is 1. The number of thiophene rings is 1. The topological polar surface area (TPSA) is 147 Å². The fourth-order valence-corrected chi connectivity index (χ4v) is 4.53. The molecular weight excluding hydrogens is 537 g/mol. The van der Waals surface area contributed by atoms with Crippen molar-refractivity contribution in [1.82, 2.24) is 15.6 Å². The molecule has 0 saturated heterocycles. The normalized spacial score (nSPS) is 11.9. The highest BCUT2D eigenvalue weighted by atomic mass is 32.1. The number of anilines is 1. The number of alkyl halides is 3. The van der Waals surface area contributed by atoms with Gasteiger partial charge >= 0.3 is 12.1 Å². The number of phenols is 1. The molecule has 3 amide bonds. The zero-order chi connectivity index (χ0) is 27.2. The number of amides is 3. The molecule has 1 unspecified atom stereocenters. The van der Waals surface area contributed by atoms with Crippen LogP contribution in [0, 0.1) is 0 Å². The van der Waals surface area contributed by atoms with Crippen molar-refractivity contribution in [3.63, 3.8) is 0 Å². The smallest absolute Gasteiger partial charge is 0.435 e. The number of methoxy groups -OCH3 is 1. The molecule has 1 aromatic carbocycles. The Morgan fingerprint density at radius 3 is 2.51 bits per heavy atom. The minimum atomic E-state index is -5.05. The van der Waals surface area contributed by atoms with Crippen LogP contribution in [0.25, 0.3) is 0 Å². The molecule has 10 nitrogen and oxygen atoms in total. The van der Waals surface area contributed by atoms with Gasteiger partial charge < -0.3 is 25.8 Å². The number of aromatic nitrogens is 1. The van der Waals surface area contributed by atoms with Crippen LogP contribution in [0.15, 0.2) is 41.8 Å². The van der Waals surface area contributed by atoms with E-state index in [1.165, 1.54) is 30.3 Å². The number of aromatic hydroxyl groups is 1. The third-order valence-corrected chi connectivity index (χ3v) is 6.46. The number of carbonyl (C=O) groups excluding carboxylic acids is 4. The molecule has 196 valence electrons.